The Labute approximate surface area is 235 Å². The van der Waals surface area contributed by atoms with Crippen molar-refractivity contribution in [3.63, 3.8) is 0 Å². The molecule has 0 spiro atoms. The molecule has 216 valence electrons. The number of alkyl carbamates (subject to hydrolysis) is 1. The van der Waals surface area contributed by atoms with Gasteiger partial charge < -0.3 is 30.7 Å². The molecular weight excluding hydrogens is 512 g/mol. The molecule has 4 N–H and O–H groups in total. The van der Waals surface area contributed by atoms with Gasteiger partial charge in [-0.3, -0.25) is 14.4 Å². The van der Waals surface area contributed by atoms with E-state index in [1.807, 2.05) is 39.0 Å². The summed E-state index contributed by atoms with van der Waals surface area (Å²) in [5.74, 6) is -1.04. The summed E-state index contributed by atoms with van der Waals surface area (Å²) in [7, 11) is 1.55. The van der Waals surface area contributed by atoms with Gasteiger partial charge in [-0.1, -0.05) is 25.1 Å². The lowest BCUT2D eigenvalue weighted by molar-refractivity contribution is -0.142. The third-order valence-electron chi connectivity index (χ3n) is 6.90. The second-order valence-electron chi connectivity index (χ2n) is 11.3. The lowest BCUT2D eigenvalue weighted by Crippen LogP contribution is -2.54. The fourth-order valence-electron chi connectivity index (χ4n) is 4.58. The monoisotopic (exact) mass is 552 g/mol. The van der Waals surface area contributed by atoms with Crippen molar-refractivity contribution in [1.82, 2.24) is 10.2 Å². The first-order valence-corrected chi connectivity index (χ1v) is 13.3. The van der Waals surface area contributed by atoms with Gasteiger partial charge in [-0.05, 0) is 87.9 Å². The van der Waals surface area contributed by atoms with E-state index in [4.69, 9.17) is 15.2 Å². The number of nitrogens with two attached hydrogens (primary N) is 1. The predicted octanol–water partition coefficient (Wildman–Crippen LogP) is 4.00. The average molecular weight is 553 g/mol. The maximum absolute atomic E-state index is 14.2. The summed E-state index contributed by atoms with van der Waals surface area (Å²) in [4.78, 5) is 54.4. The van der Waals surface area contributed by atoms with Gasteiger partial charge in [0.1, 0.15) is 23.4 Å². The molecule has 0 heterocycles. The van der Waals surface area contributed by atoms with Crippen LogP contribution in [0.5, 0.6) is 5.75 Å². The van der Waals surface area contributed by atoms with Crippen LogP contribution in [0.3, 0.4) is 0 Å². The zero-order chi connectivity index (χ0) is 29.8. The summed E-state index contributed by atoms with van der Waals surface area (Å²) < 4.78 is 10.6. The predicted molar refractivity (Wildman–Crippen MR) is 152 cm³/mol. The minimum absolute atomic E-state index is 0.112. The number of hydrogen-bond acceptors (Lipinski definition) is 6. The first-order chi connectivity index (χ1) is 18.7. The molecule has 40 heavy (non-hydrogen) atoms. The Morgan fingerprint density at radius 1 is 1.07 bits per heavy atom. The molecule has 0 bridgehead atoms. The van der Waals surface area contributed by atoms with Gasteiger partial charge in [0, 0.05) is 11.7 Å². The number of methoxy groups -OCH3 is 1. The Balaban J connectivity index is 2.06. The van der Waals surface area contributed by atoms with E-state index in [1.54, 1.807) is 52.1 Å². The summed E-state index contributed by atoms with van der Waals surface area (Å²) in [6.07, 6.45) is -0.643. The molecule has 10 nitrogen and oxygen atoms in total. The third-order valence-corrected chi connectivity index (χ3v) is 6.90. The highest BCUT2D eigenvalue weighted by molar-refractivity contribution is 6.00. The minimum atomic E-state index is -1.32. The van der Waals surface area contributed by atoms with Crippen molar-refractivity contribution < 1.29 is 28.7 Å². The minimum Gasteiger partial charge on any atom is -0.497 e. The molecule has 1 aliphatic rings. The van der Waals surface area contributed by atoms with Gasteiger partial charge in [-0.2, -0.15) is 0 Å². The Bertz CT molecular complexity index is 1250. The summed E-state index contributed by atoms with van der Waals surface area (Å²) in [6.45, 7) is 10.9. The number of anilines is 1. The molecule has 0 aromatic heterocycles. The second-order valence-corrected chi connectivity index (χ2v) is 11.3. The summed E-state index contributed by atoms with van der Waals surface area (Å²) in [5.41, 5.74) is 7.64. The molecule has 3 rings (SSSR count). The zero-order valence-corrected chi connectivity index (χ0v) is 24.2. The molecule has 0 radical (unpaired) electrons. The molecule has 10 heteroatoms. The molecule has 0 aliphatic heterocycles. The number of ether oxygens (including phenoxy) is 2. The third kappa shape index (κ3) is 7.74. The van der Waals surface area contributed by atoms with Crippen LogP contribution < -0.4 is 21.1 Å². The highest BCUT2D eigenvalue weighted by atomic mass is 16.6. The average Bonchev–Trinajstić information content (AvgIpc) is 3.58. The molecule has 1 saturated carbocycles. The number of rotatable bonds is 10. The summed E-state index contributed by atoms with van der Waals surface area (Å²) >= 11 is 0. The summed E-state index contributed by atoms with van der Waals surface area (Å²) in [6, 6.07) is 9.82. The number of benzene rings is 2. The molecule has 1 fully saturated rings. The van der Waals surface area contributed by atoms with E-state index < -0.39 is 47.9 Å². The van der Waals surface area contributed by atoms with Crippen molar-refractivity contribution in [2.45, 2.75) is 78.1 Å². The first-order valence-electron chi connectivity index (χ1n) is 13.3. The molecule has 0 saturated heterocycles. The van der Waals surface area contributed by atoms with Crippen LogP contribution in [-0.4, -0.2) is 53.5 Å². The van der Waals surface area contributed by atoms with Gasteiger partial charge in [-0.25, -0.2) is 4.79 Å². The van der Waals surface area contributed by atoms with Crippen LogP contribution in [0.2, 0.25) is 0 Å². The fraction of sp³-hybridized carbons (Fsp3) is 0.467. The number of amides is 4. The molecule has 1 aliphatic carbocycles. The topological polar surface area (TPSA) is 140 Å². The Kier molecular flexibility index (Phi) is 9.44. The molecular formula is C30H40N4O6. The first kappa shape index (κ1) is 30.5. The number of aryl methyl sites for hydroxylation is 1. The standard InChI is InChI=1S/C30H40N4O6/c1-17-9-8-10-22(19(17)3)26(27(36)32-20-11-13-21(39-7)14-12-20)34(24-15-18(24)2)28(37)23(16-25(31)35)33-29(38)40-30(4,5)6/h8-14,18,23-24,26H,15-16H2,1-7H3,(H2,31,35)(H,32,36)(H,33,38). The van der Waals surface area contributed by atoms with Crippen LogP contribution in [0.15, 0.2) is 42.5 Å². The normalized spacial score (nSPS) is 17.7. The number of hydrogen-bond donors (Lipinski definition) is 3. The number of carbonyl (C=O) groups is 4. The zero-order valence-electron chi connectivity index (χ0n) is 24.2. The van der Waals surface area contributed by atoms with Crippen LogP contribution in [-0.2, 0) is 19.1 Å². The number of carbonyl (C=O) groups excluding carboxylic acids is 4. The van der Waals surface area contributed by atoms with Gasteiger partial charge in [0.15, 0.2) is 0 Å². The van der Waals surface area contributed by atoms with E-state index in [9.17, 15) is 19.2 Å². The molecule has 4 unspecified atom stereocenters. The fourth-order valence-corrected chi connectivity index (χ4v) is 4.58. The van der Waals surface area contributed by atoms with Crippen molar-refractivity contribution in [1.29, 1.82) is 0 Å². The number of nitrogens with one attached hydrogen (secondary N) is 2. The number of primary amides is 1. The second kappa shape index (κ2) is 12.4. The highest BCUT2D eigenvalue weighted by Gasteiger charge is 2.48. The van der Waals surface area contributed by atoms with Gasteiger partial charge in [-0.15, -0.1) is 0 Å². The van der Waals surface area contributed by atoms with Crippen molar-refractivity contribution in [3.05, 3.63) is 59.2 Å². The summed E-state index contributed by atoms with van der Waals surface area (Å²) in [5, 5.41) is 5.45. The van der Waals surface area contributed by atoms with E-state index in [-0.39, 0.29) is 12.0 Å². The van der Waals surface area contributed by atoms with Gasteiger partial charge >= 0.3 is 6.09 Å². The van der Waals surface area contributed by atoms with Gasteiger partial charge in [0.25, 0.3) is 5.91 Å². The van der Waals surface area contributed by atoms with E-state index >= 15 is 0 Å². The maximum atomic E-state index is 14.2. The number of nitrogens with zero attached hydrogens (tertiary/aromatic N) is 1. The van der Waals surface area contributed by atoms with Crippen molar-refractivity contribution >= 4 is 29.5 Å². The lowest BCUT2D eigenvalue weighted by atomic mass is 9.94. The molecule has 4 amide bonds. The van der Waals surface area contributed by atoms with E-state index in [0.29, 0.717) is 23.4 Å². The molecule has 4 atom stereocenters. The van der Waals surface area contributed by atoms with Crippen molar-refractivity contribution in [2.24, 2.45) is 11.7 Å². The van der Waals surface area contributed by atoms with E-state index in [0.717, 1.165) is 11.1 Å². The smallest absolute Gasteiger partial charge is 0.408 e. The van der Waals surface area contributed by atoms with E-state index in [2.05, 4.69) is 10.6 Å². The van der Waals surface area contributed by atoms with Crippen LogP contribution in [0, 0.1) is 19.8 Å². The highest BCUT2D eigenvalue weighted by Crippen LogP contribution is 2.42. The van der Waals surface area contributed by atoms with Gasteiger partial charge in [0.2, 0.25) is 11.8 Å². The Hall–Kier alpha value is -4.08. The van der Waals surface area contributed by atoms with Crippen LogP contribution in [0.1, 0.15) is 63.3 Å². The van der Waals surface area contributed by atoms with Crippen molar-refractivity contribution in [3.8, 4) is 5.75 Å². The maximum Gasteiger partial charge on any atom is 0.408 e. The molecule has 2 aromatic rings. The van der Waals surface area contributed by atoms with Crippen molar-refractivity contribution in [2.75, 3.05) is 12.4 Å². The van der Waals surface area contributed by atoms with E-state index in [1.165, 1.54) is 4.90 Å². The van der Waals surface area contributed by atoms with Crippen LogP contribution in [0.25, 0.3) is 0 Å². The largest absolute Gasteiger partial charge is 0.497 e. The van der Waals surface area contributed by atoms with Crippen LogP contribution >= 0.6 is 0 Å². The molecule has 2 aromatic carbocycles. The Morgan fingerprint density at radius 2 is 1.70 bits per heavy atom. The quantitative estimate of drug-likeness (QED) is 0.407. The van der Waals surface area contributed by atoms with Crippen LogP contribution in [0.4, 0.5) is 10.5 Å². The Morgan fingerprint density at radius 3 is 2.23 bits per heavy atom. The lowest BCUT2D eigenvalue weighted by Gasteiger charge is -2.35. The van der Waals surface area contributed by atoms with Gasteiger partial charge in [0.05, 0.1) is 13.5 Å². The SMILES string of the molecule is COc1ccc(NC(=O)C(c2cccc(C)c2C)N(C(=O)C(CC(N)=O)NC(=O)OC(C)(C)C)C2CC2C)cc1.